The van der Waals surface area contributed by atoms with Gasteiger partial charge in [-0.15, -0.1) is 0 Å². The topological polar surface area (TPSA) is 51.2 Å². The van der Waals surface area contributed by atoms with E-state index in [1.807, 2.05) is 30.5 Å². The first-order valence-corrected chi connectivity index (χ1v) is 8.87. The Bertz CT molecular complexity index is 820. The molecule has 0 radical (unpaired) electrons. The third-order valence-electron chi connectivity index (χ3n) is 4.94. The Kier molecular flexibility index (Phi) is 4.55. The monoisotopic (exact) mass is 354 g/mol. The number of aromatic nitrogens is 1. The lowest BCUT2D eigenvalue weighted by atomic mass is 9.98. The Hall–Kier alpha value is -2.17. The van der Waals surface area contributed by atoms with Crippen LogP contribution >= 0.6 is 11.6 Å². The van der Waals surface area contributed by atoms with Gasteiger partial charge in [0.1, 0.15) is 11.8 Å². The van der Waals surface area contributed by atoms with Gasteiger partial charge < -0.3 is 10.1 Å². The van der Waals surface area contributed by atoms with E-state index in [9.17, 15) is 4.79 Å². The van der Waals surface area contributed by atoms with Crippen LogP contribution in [0.25, 0.3) is 5.57 Å². The molecule has 0 bridgehead atoms. The predicted octanol–water partition coefficient (Wildman–Crippen LogP) is 3.71. The molecular formula is C20H19ClN2O2. The van der Waals surface area contributed by atoms with Crippen molar-refractivity contribution in [2.75, 3.05) is 13.1 Å². The number of nitrogens with one attached hydrogen (secondary N) is 1. The van der Waals surface area contributed by atoms with E-state index in [1.54, 1.807) is 12.1 Å². The van der Waals surface area contributed by atoms with Gasteiger partial charge in [-0.05, 0) is 54.1 Å². The number of carbonyl (C=O) groups is 1. The van der Waals surface area contributed by atoms with Crippen LogP contribution in [0.15, 0.2) is 48.7 Å². The summed E-state index contributed by atoms with van der Waals surface area (Å²) in [5, 5.41) is 3.81. The molecule has 1 aromatic carbocycles. The van der Waals surface area contributed by atoms with Crippen LogP contribution in [0.3, 0.4) is 0 Å². The zero-order valence-corrected chi connectivity index (χ0v) is 14.5. The van der Waals surface area contributed by atoms with Gasteiger partial charge >= 0.3 is 5.97 Å². The van der Waals surface area contributed by atoms with Crippen molar-refractivity contribution >= 4 is 23.1 Å². The number of ether oxygens (including phenoxy) is 1. The molecular weight excluding hydrogens is 336 g/mol. The van der Waals surface area contributed by atoms with Gasteiger partial charge in [-0.3, -0.25) is 0 Å². The van der Waals surface area contributed by atoms with Gasteiger partial charge in [0, 0.05) is 18.3 Å². The number of esters is 1. The Morgan fingerprint density at radius 1 is 1.28 bits per heavy atom. The predicted molar refractivity (Wildman–Crippen MR) is 97.3 cm³/mol. The molecule has 2 unspecified atom stereocenters. The highest BCUT2D eigenvalue weighted by Crippen LogP contribution is 2.38. The van der Waals surface area contributed by atoms with Gasteiger partial charge in [0.05, 0.1) is 5.56 Å². The molecule has 2 aromatic rings. The minimum absolute atomic E-state index is 0.120. The van der Waals surface area contributed by atoms with Crippen molar-refractivity contribution in [1.29, 1.82) is 0 Å². The number of allylic oxidation sites excluding steroid dienone is 1. The third-order valence-corrected chi connectivity index (χ3v) is 5.28. The van der Waals surface area contributed by atoms with Gasteiger partial charge in [0.2, 0.25) is 0 Å². The minimum atomic E-state index is -0.359. The highest BCUT2D eigenvalue weighted by atomic mass is 35.5. The fourth-order valence-corrected chi connectivity index (χ4v) is 3.72. The fraction of sp³-hybridized carbons (Fsp3) is 0.300. The van der Waals surface area contributed by atoms with Crippen molar-refractivity contribution in [2.24, 2.45) is 11.8 Å². The molecule has 4 rings (SSSR count). The van der Waals surface area contributed by atoms with Crippen LogP contribution in [0.4, 0.5) is 0 Å². The smallest absolute Gasteiger partial charge is 0.338 e. The molecule has 0 saturated carbocycles. The molecule has 1 aliphatic carbocycles. The van der Waals surface area contributed by atoms with Gasteiger partial charge in [-0.1, -0.05) is 35.9 Å². The van der Waals surface area contributed by atoms with Crippen molar-refractivity contribution in [3.8, 4) is 0 Å². The van der Waals surface area contributed by atoms with Crippen LogP contribution in [0.2, 0.25) is 5.15 Å². The summed E-state index contributed by atoms with van der Waals surface area (Å²) in [4.78, 5) is 16.4. The maximum absolute atomic E-state index is 12.1. The minimum Gasteiger partial charge on any atom is -0.457 e. The highest BCUT2D eigenvalue weighted by molar-refractivity contribution is 6.30. The lowest BCUT2D eigenvalue weighted by Gasteiger charge is -2.10. The summed E-state index contributed by atoms with van der Waals surface area (Å²) in [6.45, 7) is 2.25. The van der Waals surface area contributed by atoms with Crippen LogP contribution in [0.5, 0.6) is 0 Å². The van der Waals surface area contributed by atoms with Crippen LogP contribution in [-0.4, -0.2) is 24.0 Å². The summed E-state index contributed by atoms with van der Waals surface area (Å²) in [5.41, 5.74) is 3.65. The molecule has 0 amide bonds. The number of carbonyl (C=O) groups excluding carboxylic acids is 1. The number of fused-ring (bicyclic) bond motifs is 1. The maximum Gasteiger partial charge on any atom is 0.338 e. The highest BCUT2D eigenvalue weighted by Gasteiger charge is 2.32. The number of hydrogen-bond donors (Lipinski definition) is 1. The third kappa shape index (κ3) is 3.46. The molecule has 1 aliphatic heterocycles. The summed E-state index contributed by atoms with van der Waals surface area (Å²) in [7, 11) is 0. The van der Waals surface area contributed by atoms with Gasteiger partial charge in [0.25, 0.3) is 0 Å². The Labute approximate surface area is 151 Å². The first kappa shape index (κ1) is 16.3. The molecule has 2 atom stereocenters. The Morgan fingerprint density at radius 2 is 2.12 bits per heavy atom. The Morgan fingerprint density at radius 3 is 2.92 bits per heavy atom. The van der Waals surface area contributed by atoms with E-state index in [2.05, 4.69) is 16.4 Å². The van der Waals surface area contributed by atoms with E-state index in [4.69, 9.17) is 16.3 Å². The summed E-state index contributed by atoms with van der Waals surface area (Å²) >= 11 is 6.20. The number of hydrogen-bond acceptors (Lipinski definition) is 4. The molecule has 0 spiro atoms. The second-order valence-corrected chi connectivity index (χ2v) is 6.95. The summed E-state index contributed by atoms with van der Waals surface area (Å²) in [6, 6.07) is 10.9. The van der Waals surface area contributed by atoms with Gasteiger partial charge in [-0.25, -0.2) is 9.78 Å². The molecule has 5 heteroatoms. The van der Waals surface area contributed by atoms with Crippen LogP contribution in [0.1, 0.15) is 27.9 Å². The van der Waals surface area contributed by atoms with Crippen molar-refractivity contribution in [3.63, 3.8) is 0 Å². The SMILES string of the molecule is O=C(OCc1cc(C2=CC3CNCC3C2)cnc1Cl)c1ccccc1. The molecule has 25 heavy (non-hydrogen) atoms. The normalized spacial score (nSPS) is 21.7. The molecule has 1 N–H and O–H groups in total. The Balaban J connectivity index is 1.48. The van der Waals surface area contributed by atoms with Crippen molar-refractivity contribution in [2.45, 2.75) is 13.0 Å². The molecule has 1 saturated heterocycles. The number of rotatable bonds is 4. The van der Waals surface area contributed by atoms with E-state index in [0.717, 1.165) is 30.6 Å². The van der Waals surface area contributed by atoms with Crippen molar-refractivity contribution in [3.05, 3.63) is 70.5 Å². The second-order valence-electron chi connectivity index (χ2n) is 6.59. The van der Waals surface area contributed by atoms with E-state index >= 15 is 0 Å². The van der Waals surface area contributed by atoms with E-state index < -0.39 is 0 Å². The molecule has 128 valence electrons. The second kappa shape index (κ2) is 6.98. The lowest BCUT2D eigenvalue weighted by Crippen LogP contribution is -2.09. The lowest BCUT2D eigenvalue weighted by molar-refractivity contribution is 0.0472. The zero-order valence-electron chi connectivity index (χ0n) is 13.7. The number of halogens is 1. The van der Waals surface area contributed by atoms with E-state index in [-0.39, 0.29) is 12.6 Å². The van der Waals surface area contributed by atoms with Crippen LogP contribution in [0, 0.1) is 11.8 Å². The molecule has 2 aliphatic rings. The van der Waals surface area contributed by atoms with Crippen molar-refractivity contribution in [1.82, 2.24) is 10.3 Å². The number of nitrogens with zero attached hydrogens (tertiary/aromatic N) is 1. The van der Waals surface area contributed by atoms with Crippen molar-refractivity contribution < 1.29 is 9.53 Å². The van der Waals surface area contributed by atoms with Crippen LogP contribution < -0.4 is 5.32 Å². The van der Waals surface area contributed by atoms with E-state index in [0.29, 0.717) is 22.6 Å². The fourth-order valence-electron chi connectivity index (χ4n) is 3.57. The molecule has 4 nitrogen and oxygen atoms in total. The standard InChI is InChI=1S/C20H19ClN2O2/c21-19-18(12-25-20(24)13-4-2-1-3-5-13)8-17(11-23-19)14-6-15-9-22-10-16(15)7-14/h1-6,8,11,15-16,22H,7,9-10,12H2. The van der Waals surface area contributed by atoms with E-state index in [1.165, 1.54) is 5.57 Å². The average molecular weight is 355 g/mol. The largest absolute Gasteiger partial charge is 0.457 e. The average Bonchev–Trinajstić information content (AvgIpc) is 3.23. The first-order valence-electron chi connectivity index (χ1n) is 8.49. The summed E-state index contributed by atoms with van der Waals surface area (Å²) in [5.74, 6) is 0.942. The maximum atomic E-state index is 12.1. The summed E-state index contributed by atoms with van der Waals surface area (Å²) in [6.07, 6.45) is 5.21. The molecule has 1 aromatic heterocycles. The van der Waals surface area contributed by atoms with Gasteiger partial charge in [0.15, 0.2) is 0 Å². The number of benzene rings is 1. The number of pyridine rings is 1. The first-order chi connectivity index (χ1) is 12.2. The van der Waals surface area contributed by atoms with Crippen LogP contribution in [-0.2, 0) is 11.3 Å². The quantitative estimate of drug-likeness (QED) is 0.671. The molecule has 2 heterocycles. The summed E-state index contributed by atoms with van der Waals surface area (Å²) < 4.78 is 5.39. The molecule has 1 fully saturated rings. The zero-order chi connectivity index (χ0) is 17.2. The van der Waals surface area contributed by atoms with Gasteiger partial charge in [-0.2, -0.15) is 0 Å².